The number of sulfone groups is 1. The molecule has 15 heavy (non-hydrogen) atoms. The third kappa shape index (κ3) is 6.15. The maximum absolute atomic E-state index is 10.9. The average Bonchev–Trinajstić information content (AvgIpc) is 2.91. The summed E-state index contributed by atoms with van der Waals surface area (Å²) in [6, 6.07) is 0.634. The Labute approximate surface area is 93.6 Å². The van der Waals surface area contributed by atoms with Crippen LogP contribution in [-0.2, 0) is 9.84 Å². The first-order valence-corrected chi connectivity index (χ1v) is 8.00. The zero-order valence-corrected chi connectivity index (χ0v) is 10.6. The number of hydrogen-bond donors (Lipinski definition) is 1. The lowest BCUT2D eigenvalue weighted by Crippen LogP contribution is -2.30. The Balaban J connectivity index is 2.11. The van der Waals surface area contributed by atoms with Gasteiger partial charge >= 0.3 is 0 Å². The second-order valence-electron chi connectivity index (χ2n) is 4.63. The third-order valence-electron chi connectivity index (χ3n) is 2.94. The standard InChI is InChI=1S/C11H23NO2S/c1-3-12-11(10-7-8-10)6-4-5-9-15(2,13)14/h10-12H,3-9H2,1-2H3. The van der Waals surface area contributed by atoms with Gasteiger partial charge in [0.15, 0.2) is 0 Å². The molecule has 0 aromatic carbocycles. The molecule has 90 valence electrons. The van der Waals surface area contributed by atoms with Gasteiger partial charge in [-0.2, -0.15) is 0 Å². The van der Waals surface area contributed by atoms with E-state index in [0.717, 1.165) is 31.7 Å². The van der Waals surface area contributed by atoms with Gasteiger partial charge < -0.3 is 5.32 Å². The predicted octanol–water partition coefficient (Wildman–Crippen LogP) is 1.59. The fourth-order valence-corrected chi connectivity index (χ4v) is 2.72. The largest absolute Gasteiger partial charge is 0.314 e. The van der Waals surface area contributed by atoms with Crippen molar-refractivity contribution in [3.05, 3.63) is 0 Å². The van der Waals surface area contributed by atoms with Gasteiger partial charge in [0, 0.05) is 18.1 Å². The summed E-state index contributed by atoms with van der Waals surface area (Å²) in [4.78, 5) is 0. The summed E-state index contributed by atoms with van der Waals surface area (Å²) < 4.78 is 21.9. The topological polar surface area (TPSA) is 46.2 Å². The van der Waals surface area contributed by atoms with E-state index in [4.69, 9.17) is 0 Å². The quantitative estimate of drug-likeness (QED) is 0.648. The van der Waals surface area contributed by atoms with Crippen LogP contribution in [0.5, 0.6) is 0 Å². The van der Waals surface area contributed by atoms with E-state index in [2.05, 4.69) is 12.2 Å². The van der Waals surface area contributed by atoms with E-state index in [0.29, 0.717) is 11.8 Å². The molecule has 1 aliphatic rings. The summed E-state index contributed by atoms with van der Waals surface area (Å²) in [5, 5.41) is 3.49. The summed E-state index contributed by atoms with van der Waals surface area (Å²) in [6.45, 7) is 3.15. The zero-order chi connectivity index (χ0) is 11.3. The van der Waals surface area contributed by atoms with Gasteiger partial charge in [-0.3, -0.25) is 0 Å². The minimum Gasteiger partial charge on any atom is -0.314 e. The van der Waals surface area contributed by atoms with Crippen molar-refractivity contribution in [1.82, 2.24) is 5.32 Å². The minimum atomic E-state index is -2.76. The highest BCUT2D eigenvalue weighted by molar-refractivity contribution is 7.90. The molecule has 0 aromatic heterocycles. The lowest BCUT2D eigenvalue weighted by atomic mass is 10.1. The highest BCUT2D eigenvalue weighted by atomic mass is 32.2. The maximum Gasteiger partial charge on any atom is 0.147 e. The molecule has 0 heterocycles. The van der Waals surface area contributed by atoms with E-state index in [-0.39, 0.29) is 0 Å². The fourth-order valence-electron chi connectivity index (χ4n) is 1.99. The first-order chi connectivity index (χ1) is 7.03. The van der Waals surface area contributed by atoms with E-state index < -0.39 is 9.84 Å². The lowest BCUT2D eigenvalue weighted by molar-refractivity contribution is 0.432. The number of rotatable bonds is 8. The van der Waals surface area contributed by atoms with Crippen molar-refractivity contribution in [3.63, 3.8) is 0 Å². The van der Waals surface area contributed by atoms with Gasteiger partial charge in [-0.15, -0.1) is 0 Å². The first-order valence-electron chi connectivity index (χ1n) is 5.94. The Hall–Kier alpha value is -0.0900. The van der Waals surface area contributed by atoms with Gasteiger partial charge in [-0.25, -0.2) is 8.42 Å². The van der Waals surface area contributed by atoms with Crippen molar-refractivity contribution in [3.8, 4) is 0 Å². The molecule has 1 fully saturated rings. The molecule has 0 radical (unpaired) electrons. The Kier molecular flexibility index (Phi) is 5.06. The van der Waals surface area contributed by atoms with Gasteiger partial charge in [-0.1, -0.05) is 13.3 Å². The summed E-state index contributed by atoms with van der Waals surface area (Å²) in [6.07, 6.45) is 6.99. The van der Waals surface area contributed by atoms with Gasteiger partial charge in [0.05, 0.1) is 0 Å². The fraction of sp³-hybridized carbons (Fsp3) is 1.00. The molecule has 0 spiro atoms. The molecular weight excluding hydrogens is 210 g/mol. The van der Waals surface area contributed by atoms with Crippen LogP contribution in [0.2, 0.25) is 0 Å². The van der Waals surface area contributed by atoms with Crippen LogP contribution < -0.4 is 5.32 Å². The van der Waals surface area contributed by atoms with Gasteiger partial charge in [-0.05, 0) is 38.1 Å². The van der Waals surface area contributed by atoms with Crippen LogP contribution in [-0.4, -0.2) is 33.0 Å². The predicted molar refractivity (Wildman–Crippen MR) is 63.8 cm³/mol. The van der Waals surface area contributed by atoms with Crippen molar-refractivity contribution in [2.75, 3.05) is 18.6 Å². The number of nitrogens with one attached hydrogen (secondary N) is 1. The molecule has 1 aliphatic carbocycles. The molecule has 0 aromatic rings. The number of unbranched alkanes of at least 4 members (excludes halogenated alkanes) is 1. The van der Waals surface area contributed by atoms with Crippen LogP contribution >= 0.6 is 0 Å². The van der Waals surface area contributed by atoms with E-state index in [9.17, 15) is 8.42 Å². The van der Waals surface area contributed by atoms with Crippen molar-refractivity contribution in [1.29, 1.82) is 0 Å². The zero-order valence-electron chi connectivity index (χ0n) is 9.83. The Morgan fingerprint density at radius 3 is 2.47 bits per heavy atom. The average molecular weight is 233 g/mol. The summed E-state index contributed by atoms with van der Waals surface area (Å²) in [5.41, 5.74) is 0. The second kappa shape index (κ2) is 5.85. The first kappa shape index (κ1) is 13.0. The van der Waals surface area contributed by atoms with E-state index in [1.54, 1.807) is 0 Å². The van der Waals surface area contributed by atoms with Crippen LogP contribution in [0, 0.1) is 5.92 Å². The van der Waals surface area contributed by atoms with Crippen molar-refractivity contribution >= 4 is 9.84 Å². The molecule has 1 unspecified atom stereocenters. The van der Waals surface area contributed by atoms with Gasteiger partial charge in [0.25, 0.3) is 0 Å². The van der Waals surface area contributed by atoms with Crippen LogP contribution in [0.15, 0.2) is 0 Å². The highest BCUT2D eigenvalue weighted by Gasteiger charge is 2.29. The molecule has 0 amide bonds. The number of hydrogen-bond acceptors (Lipinski definition) is 3. The summed E-state index contributed by atoms with van der Waals surface area (Å²) in [5.74, 6) is 1.21. The lowest BCUT2D eigenvalue weighted by Gasteiger charge is -2.16. The highest BCUT2D eigenvalue weighted by Crippen LogP contribution is 2.34. The van der Waals surface area contributed by atoms with E-state index in [1.807, 2.05) is 0 Å². The molecule has 1 rings (SSSR count). The molecule has 3 nitrogen and oxygen atoms in total. The van der Waals surface area contributed by atoms with Crippen LogP contribution in [0.3, 0.4) is 0 Å². The summed E-state index contributed by atoms with van der Waals surface area (Å²) >= 11 is 0. The summed E-state index contributed by atoms with van der Waals surface area (Å²) in [7, 11) is -2.76. The molecule has 0 bridgehead atoms. The van der Waals surface area contributed by atoms with E-state index >= 15 is 0 Å². The molecule has 0 aliphatic heterocycles. The maximum atomic E-state index is 10.9. The molecule has 4 heteroatoms. The molecule has 1 atom stereocenters. The monoisotopic (exact) mass is 233 g/mol. The SMILES string of the molecule is CCNC(CCCCS(C)(=O)=O)C1CC1. The Morgan fingerprint density at radius 1 is 1.33 bits per heavy atom. The Morgan fingerprint density at radius 2 is 2.00 bits per heavy atom. The Bertz CT molecular complexity index is 270. The third-order valence-corrected chi connectivity index (χ3v) is 3.97. The second-order valence-corrected chi connectivity index (χ2v) is 6.89. The van der Waals surface area contributed by atoms with Crippen molar-refractivity contribution < 1.29 is 8.42 Å². The van der Waals surface area contributed by atoms with Crippen LogP contribution in [0.4, 0.5) is 0 Å². The van der Waals surface area contributed by atoms with Crippen molar-refractivity contribution in [2.24, 2.45) is 5.92 Å². The minimum absolute atomic E-state index is 0.344. The van der Waals surface area contributed by atoms with Gasteiger partial charge in [0.1, 0.15) is 9.84 Å². The molecular formula is C11H23NO2S. The van der Waals surface area contributed by atoms with Crippen LogP contribution in [0.25, 0.3) is 0 Å². The normalized spacial score (nSPS) is 19.1. The van der Waals surface area contributed by atoms with E-state index in [1.165, 1.54) is 19.1 Å². The molecule has 1 saturated carbocycles. The molecule has 0 saturated heterocycles. The smallest absolute Gasteiger partial charge is 0.147 e. The van der Waals surface area contributed by atoms with Gasteiger partial charge in [0.2, 0.25) is 0 Å². The van der Waals surface area contributed by atoms with Crippen LogP contribution in [0.1, 0.15) is 39.0 Å². The molecule has 1 N–H and O–H groups in total. The van der Waals surface area contributed by atoms with Crippen molar-refractivity contribution in [2.45, 2.75) is 45.1 Å².